The van der Waals surface area contributed by atoms with Crippen LogP contribution in [0.25, 0.3) is 0 Å². The van der Waals surface area contributed by atoms with Crippen LogP contribution in [0.4, 0.5) is 5.69 Å². The first-order chi connectivity index (χ1) is 13.2. The Morgan fingerprint density at radius 2 is 1.54 bits per heavy atom. The van der Waals surface area contributed by atoms with Crippen LogP contribution in [0.3, 0.4) is 0 Å². The summed E-state index contributed by atoms with van der Waals surface area (Å²) in [5.74, 6) is 0. The van der Waals surface area contributed by atoms with Crippen LogP contribution < -0.4 is 9.62 Å². The normalized spacial score (nSPS) is 21.1. The number of sulfonamides is 1. The van der Waals surface area contributed by atoms with Crippen LogP contribution in [0.1, 0.15) is 41.5 Å². The van der Waals surface area contributed by atoms with Crippen LogP contribution >= 0.6 is 0 Å². The fraction of sp³-hybridized carbons (Fsp3) is 0.478. The third-order valence-electron chi connectivity index (χ3n) is 6.93. The lowest BCUT2D eigenvalue weighted by Crippen LogP contribution is -2.39. The predicted octanol–water partition coefficient (Wildman–Crippen LogP) is 4.26. The van der Waals surface area contributed by atoms with Crippen LogP contribution in [0.2, 0.25) is 0 Å². The number of para-hydroxylation sites is 1. The molecule has 4 rings (SSSR count). The second-order valence-corrected chi connectivity index (χ2v) is 10.3. The topological polar surface area (TPSA) is 49.4 Å². The molecule has 5 heteroatoms. The number of benzene rings is 2. The minimum absolute atomic E-state index is 0.0649. The maximum absolute atomic E-state index is 13.2. The minimum Gasteiger partial charge on any atom is -0.371 e. The molecule has 150 valence electrons. The SMILES string of the molecule is Cc1cc(C)c(C)c(S(=O)(=O)NC2CC23CCN(c2ccccc2)CC3)c1C. The maximum Gasteiger partial charge on any atom is 0.241 e. The van der Waals surface area contributed by atoms with E-state index in [9.17, 15) is 8.42 Å². The Morgan fingerprint density at radius 3 is 2.11 bits per heavy atom. The third kappa shape index (κ3) is 3.35. The summed E-state index contributed by atoms with van der Waals surface area (Å²) in [6.07, 6.45) is 3.04. The van der Waals surface area contributed by atoms with E-state index in [-0.39, 0.29) is 11.5 Å². The van der Waals surface area contributed by atoms with Gasteiger partial charge in [0.15, 0.2) is 0 Å². The number of anilines is 1. The number of nitrogens with zero attached hydrogens (tertiary/aromatic N) is 1. The van der Waals surface area contributed by atoms with Crippen LogP contribution in [-0.4, -0.2) is 27.5 Å². The number of hydrogen-bond acceptors (Lipinski definition) is 3. The van der Waals surface area contributed by atoms with Gasteiger partial charge in [-0.3, -0.25) is 0 Å². The van der Waals surface area contributed by atoms with Gasteiger partial charge in [-0.25, -0.2) is 13.1 Å². The van der Waals surface area contributed by atoms with E-state index < -0.39 is 10.0 Å². The van der Waals surface area contributed by atoms with Crippen molar-refractivity contribution in [2.75, 3.05) is 18.0 Å². The minimum atomic E-state index is -3.51. The second kappa shape index (κ2) is 6.89. The molecule has 2 aromatic rings. The Bertz CT molecular complexity index is 965. The van der Waals surface area contributed by atoms with Crippen molar-refractivity contribution in [1.82, 2.24) is 4.72 Å². The molecule has 1 saturated carbocycles. The van der Waals surface area contributed by atoms with Crippen molar-refractivity contribution in [3.63, 3.8) is 0 Å². The molecule has 1 spiro atoms. The third-order valence-corrected chi connectivity index (χ3v) is 8.68. The molecule has 0 bridgehead atoms. The molecular weight excluding hydrogens is 368 g/mol. The second-order valence-electron chi connectivity index (χ2n) is 8.65. The highest BCUT2D eigenvalue weighted by molar-refractivity contribution is 7.89. The van der Waals surface area contributed by atoms with E-state index in [2.05, 4.69) is 40.0 Å². The fourth-order valence-electron chi connectivity index (χ4n) is 4.75. The highest BCUT2D eigenvalue weighted by Crippen LogP contribution is 2.54. The van der Waals surface area contributed by atoms with Crippen LogP contribution in [-0.2, 0) is 10.0 Å². The standard InChI is InChI=1S/C23H30N2O2S/c1-16-14-17(2)19(4)22(18(16)3)28(26,27)24-21-15-23(21)10-12-25(13-11-23)20-8-6-5-7-9-20/h5-9,14,21,24H,10-13,15H2,1-4H3. The summed E-state index contributed by atoms with van der Waals surface area (Å²) in [5.41, 5.74) is 5.19. The Morgan fingerprint density at radius 1 is 0.964 bits per heavy atom. The van der Waals surface area contributed by atoms with Crippen molar-refractivity contribution in [2.45, 2.75) is 57.9 Å². The van der Waals surface area contributed by atoms with E-state index in [0.717, 1.165) is 54.6 Å². The molecule has 1 unspecified atom stereocenters. The van der Waals surface area contributed by atoms with E-state index in [0.29, 0.717) is 4.90 Å². The summed E-state index contributed by atoms with van der Waals surface area (Å²) in [7, 11) is -3.51. The van der Waals surface area contributed by atoms with Gasteiger partial charge in [0.25, 0.3) is 0 Å². The monoisotopic (exact) mass is 398 g/mol. The van der Waals surface area contributed by atoms with E-state index in [4.69, 9.17) is 0 Å². The summed E-state index contributed by atoms with van der Waals surface area (Å²) >= 11 is 0. The average Bonchev–Trinajstić information content (AvgIpc) is 3.31. The van der Waals surface area contributed by atoms with Gasteiger partial charge in [-0.05, 0) is 86.8 Å². The first kappa shape index (κ1) is 19.5. The molecule has 1 saturated heterocycles. The van der Waals surface area contributed by atoms with Gasteiger partial charge in [-0.15, -0.1) is 0 Å². The Kier molecular flexibility index (Phi) is 4.79. The van der Waals surface area contributed by atoms with Crippen LogP contribution in [0.5, 0.6) is 0 Å². The van der Waals surface area contributed by atoms with Gasteiger partial charge in [0.05, 0.1) is 4.90 Å². The summed E-state index contributed by atoms with van der Waals surface area (Å²) in [5, 5.41) is 0. The first-order valence-corrected chi connectivity index (χ1v) is 11.6. The molecule has 1 N–H and O–H groups in total. The Labute approximate surface area is 169 Å². The van der Waals surface area contributed by atoms with Crippen molar-refractivity contribution < 1.29 is 8.42 Å². The summed E-state index contributed by atoms with van der Waals surface area (Å²) in [4.78, 5) is 2.89. The van der Waals surface area contributed by atoms with E-state index >= 15 is 0 Å². The van der Waals surface area contributed by atoms with Crippen molar-refractivity contribution in [3.05, 3.63) is 58.7 Å². The zero-order valence-electron chi connectivity index (χ0n) is 17.2. The predicted molar refractivity (Wildman–Crippen MR) is 114 cm³/mol. The molecule has 28 heavy (non-hydrogen) atoms. The number of piperidine rings is 1. The summed E-state index contributed by atoms with van der Waals surface area (Å²) in [6.45, 7) is 9.78. The summed E-state index contributed by atoms with van der Waals surface area (Å²) in [6, 6.07) is 12.6. The molecule has 2 aromatic carbocycles. The van der Waals surface area contributed by atoms with Gasteiger partial charge in [0, 0.05) is 24.8 Å². The molecule has 1 atom stereocenters. The Balaban J connectivity index is 1.47. The highest BCUT2D eigenvalue weighted by atomic mass is 32.2. The zero-order chi connectivity index (χ0) is 20.1. The fourth-order valence-corrected chi connectivity index (χ4v) is 6.70. The van der Waals surface area contributed by atoms with Crippen molar-refractivity contribution >= 4 is 15.7 Å². The van der Waals surface area contributed by atoms with Gasteiger partial charge < -0.3 is 4.90 Å². The smallest absolute Gasteiger partial charge is 0.241 e. The quantitative estimate of drug-likeness (QED) is 0.837. The molecule has 2 aliphatic rings. The summed E-state index contributed by atoms with van der Waals surface area (Å²) < 4.78 is 29.5. The number of rotatable bonds is 4. The van der Waals surface area contributed by atoms with Gasteiger partial charge >= 0.3 is 0 Å². The van der Waals surface area contributed by atoms with Crippen molar-refractivity contribution in [1.29, 1.82) is 0 Å². The van der Waals surface area contributed by atoms with Gasteiger partial charge in [0.1, 0.15) is 0 Å². The van der Waals surface area contributed by atoms with E-state index in [1.54, 1.807) is 0 Å². The molecule has 1 aliphatic carbocycles. The highest BCUT2D eigenvalue weighted by Gasteiger charge is 2.56. The molecule has 0 amide bonds. The molecule has 0 aromatic heterocycles. The van der Waals surface area contributed by atoms with E-state index in [1.165, 1.54) is 5.69 Å². The van der Waals surface area contributed by atoms with Gasteiger partial charge in [0.2, 0.25) is 10.0 Å². The molecule has 4 nitrogen and oxygen atoms in total. The van der Waals surface area contributed by atoms with E-state index in [1.807, 2.05) is 33.8 Å². The lowest BCUT2D eigenvalue weighted by atomic mass is 9.92. The van der Waals surface area contributed by atoms with Crippen LogP contribution in [0.15, 0.2) is 41.3 Å². The molecule has 1 heterocycles. The first-order valence-electron chi connectivity index (χ1n) is 10.1. The molecule has 1 aliphatic heterocycles. The lowest BCUT2D eigenvalue weighted by Gasteiger charge is -2.34. The largest absolute Gasteiger partial charge is 0.371 e. The zero-order valence-corrected chi connectivity index (χ0v) is 18.1. The molecular formula is C23H30N2O2S. The lowest BCUT2D eigenvalue weighted by molar-refractivity contribution is 0.365. The number of aryl methyl sites for hydroxylation is 2. The van der Waals surface area contributed by atoms with Crippen molar-refractivity contribution in [2.24, 2.45) is 5.41 Å². The van der Waals surface area contributed by atoms with Crippen LogP contribution in [0, 0.1) is 33.1 Å². The van der Waals surface area contributed by atoms with Crippen molar-refractivity contribution in [3.8, 4) is 0 Å². The molecule has 2 fully saturated rings. The van der Waals surface area contributed by atoms with Gasteiger partial charge in [-0.1, -0.05) is 24.3 Å². The average molecular weight is 399 g/mol. The number of nitrogens with one attached hydrogen (secondary N) is 1. The molecule has 0 radical (unpaired) electrons. The Hall–Kier alpha value is -1.85. The number of hydrogen-bond donors (Lipinski definition) is 1. The van der Waals surface area contributed by atoms with Gasteiger partial charge in [-0.2, -0.15) is 0 Å². The maximum atomic E-state index is 13.2.